The Kier molecular flexibility index (Phi) is 2.59. The number of hydrogen-bond donors (Lipinski definition) is 1. The number of thioether (sulfide) groups is 1. The first kappa shape index (κ1) is 8.42. The average Bonchev–Trinajstić information content (AvgIpc) is 2.66. The number of hydrogen-bond acceptors (Lipinski definition) is 3. The summed E-state index contributed by atoms with van der Waals surface area (Å²) in [5, 5.41) is 4.63. The first-order valence-electron chi connectivity index (χ1n) is 4.78. The van der Waals surface area contributed by atoms with Gasteiger partial charge in [0.1, 0.15) is 0 Å². The van der Waals surface area contributed by atoms with E-state index in [4.69, 9.17) is 0 Å². The summed E-state index contributed by atoms with van der Waals surface area (Å²) in [7, 11) is 0. The van der Waals surface area contributed by atoms with Crippen molar-refractivity contribution in [1.82, 2.24) is 5.32 Å². The fraction of sp³-hybridized carbons (Fsp3) is 0.889. The molecule has 1 aliphatic carbocycles. The van der Waals surface area contributed by atoms with Crippen LogP contribution in [0.1, 0.15) is 26.2 Å². The van der Waals surface area contributed by atoms with Crippen LogP contribution in [0.4, 0.5) is 0 Å². The van der Waals surface area contributed by atoms with Crippen LogP contribution in [-0.2, 0) is 0 Å². The van der Waals surface area contributed by atoms with Gasteiger partial charge in [-0.3, -0.25) is 4.99 Å². The Morgan fingerprint density at radius 3 is 3.08 bits per heavy atom. The SMILES string of the molecule is CC(CC1CC1)NC1=NCCS1. The van der Waals surface area contributed by atoms with E-state index in [9.17, 15) is 0 Å². The molecule has 0 spiro atoms. The summed E-state index contributed by atoms with van der Waals surface area (Å²) in [5.74, 6) is 2.18. The zero-order chi connectivity index (χ0) is 8.39. The van der Waals surface area contributed by atoms with Crippen molar-refractivity contribution >= 4 is 16.9 Å². The predicted molar refractivity (Wildman–Crippen MR) is 54.7 cm³/mol. The Morgan fingerprint density at radius 2 is 2.50 bits per heavy atom. The van der Waals surface area contributed by atoms with Gasteiger partial charge >= 0.3 is 0 Å². The summed E-state index contributed by atoms with van der Waals surface area (Å²) in [6.45, 7) is 3.27. The zero-order valence-corrected chi connectivity index (χ0v) is 8.36. The topological polar surface area (TPSA) is 24.4 Å². The Labute approximate surface area is 78.2 Å². The summed E-state index contributed by atoms with van der Waals surface area (Å²) in [6, 6.07) is 0.627. The largest absolute Gasteiger partial charge is 0.362 e. The van der Waals surface area contributed by atoms with Crippen LogP contribution in [-0.4, -0.2) is 23.5 Å². The van der Waals surface area contributed by atoms with Crippen LogP contribution < -0.4 is 5.32 Å². The highest BCUT2D eigenvalue weighted by Crippen LogP contribution is 2.33. The first-order chi connectivity index (χ1) is 5.84. The van der Waals surface area contributed by atoms with Crippen LogP contribution >= 0.6 is 11.8 Å². The first-order valence-corrected chi connectivity index (χ1v) is 5.77. The lowest BCUT2D eigenvalue weighted by atomic mass is 10.2. The van der Waals surface area contributed by atoms with E-state index in [0.717, 1.165) is 12.5 Å². The van der Waals surface area contributed by atoms with Crippen LogP contribution in [0.5, 0.6) is 0 Å². The lowest BCUT2D eigenvalue weighted by molar-refractivity contribution is 0.566. The van der Waals surface area contributed by atoms with Gasteiger partial charge in [-0.1, -0.05) is 24.6 Å². The van der Waals surface area contributed by atoms with Crippen molar-refractivity contribution in [2.75, 3.05) is 12.3 Å². The Balaban J connectivity index is 1.69. The molecule has 68 valence electrons. The van der Waals surface area contributed by atoms with Crippen LogP contribution in [0.15, 0.2) is 4.99 Å². The minimum absolute atomic E-state index is 0.627. The smallest absolute Gasteiger partial charge is 0.156 e. The highest BCUT2D eigenvalue weighted by atomic mass is 32.2. The van der Waals surface area contributed by atoms with E-state index >= 15 is 0 Å². The number of aliphatic imine (C=N–C) groups is 1. The number of nitrogens with one attached hydrogen (secondary N) is 1. The second-order valence-corrected chi connectivity index (χ2v) is 4.84. The van der Waals surface area contributed by atoms with Gasteiger partial charge in [0.2, 0.25) is 0 Å². The molecule has 0 bridgehead atoms. The van der Waals surface area contributed by atoms with Crippen molar-refractivity contribution in [2.45, 2.75) is 32.2 Å². The highest BCUT2D eigenvalue weighted by Gasteiger charge is 2.24. The minimum atomic E-state index is 0.627. The van der Waals surface area contributed by atoms with E-state index < -0.39 is 0 Å². The highest BCUT2D eigenvalue weighted by molar-refractivity contribution is 8.14. The maximum Gasteiger partial charge on any atom is 0.156 e. The molecule has 12 heavy (non-hydrogen) atoms. The van der Waals surface area contributed by atoms with E-state index in [2.05, 4.69) is 17.2 Å². The summed E-state index contributed by atoms with van der Waals surface area (Å²) >= 11 is 1.86. The zero-order valence-electron chi connectivity index (χ0n) is 7.55. The van der Waals surface area contributed by atoms with Gasteiger partial charge in [-0.25, -0.2) is 0 Å². The van der Waals surface area contributed by atoms with Gasteiger partial charge in [-0.15, -0.1) is 0 Å². The lowest BCUT2D eigenvalue weighted by Gasteiger charge is -2.13. The fourth-order valence-electron chi connectivity index (χ4n) is 1.55. The molecule has 1 unspecified atom stereocenters. The van der Waals surface area contributed by atoms with Crippen molar-refractivity contribution in [3.8, 4) is 0 Å². The standard InChI is InChI=1S/C9H16N2S/c1-7(6-8-2-3-8)11-9-10-4-5-12-9/h7-8H,2-6H2,1H3,(H,10,11). The van der Waals surface area contributed by atoms with Gasteiger partial charge in [0.05, 0.1) is 6.54 Å². The second-order valence-electron chi connectivity index (χ2n) is 3.76. The Hall–Kier alpha value is -0.180. The summed E-state index contributed by atoms with van der Waals surface area (Å²) in [4.78, 5) is 4.37. The molecule has 2 nitrogen and oxygen atoms in total. The van der Waals surface area contributed by atoms with Crippen molar-refractivity contribution in [3.63, 3.8) is 0 Å². The fourth-order valence-corrected chi connectivity index (χ4v) is 2.39. The lowest BCUT2D eigenvalue weighted by Crippen LogP contribution is -2.30. The number of rotatable bonds is 3. The molecule has 2 rings (SSSR count). The molecule has 0 aromatic heterocycles. The normalized spacial score (nSPS) is 25.2. The third kappa shape index (κ3) is 2.41. The third-order valence-electron chi connectivity index (χ3n) is 2.34. The van der Waals surface area contributed by atoms with E-state index in [1.54, 1.807) is 0 Å². The van der Waals surface area contributed by atoms with Crippen LogP contribution in [0.2, 0.25) is 0 Å². The van der Waals surface area contributed by atoms with Crippen LogP contribution in [0, 0.1) is 5.92 Å². The summed E-state index contributed by atoms with van der Waals surface area (Å²) in [5.41, 5.74) is 0. The molecule has 0 aromatic rings. The van der Waals surface area contributed by atoms with Crippen LogP contribution in [0.25, 0.3) is 0 Å². The molecule has 1 heterocycles. The summed E-state index contributed by atoms with van der Waals surface area (Å²) < 4.78 is 0. The average molecular weight is 184 g/mol. The van der Waals surface area contributed by atoms with E-state index in [0.29, 0.717) is 6.04 Å². The van der Waals surface area contributed by atoms with Gasteiger partial charge in [-0.05, 0) is 19.3 Å². The van der Waals surface area contributed by atoms with E-state index in [-0.39, 0.29) is 0 Å². The molecule has 1 aliphatic heterocycles. The van der Waals surface area contributed by atoms with Gasteiger partial charge in [0.15, 0.2) is 5.17 Å². The Bertz CT molecular complexity index is 187. The molecule has 1 saturated carbocycles. The molecule has 1 atom stereocenters. The molecule has 1 fully saturated rings. The maximum absolute atomic E-state index is 4.37. The Morgan fingerprint density at radius 1 is 1.67 bits per heavy atom. The van der Waals surface area contributed by atoms with Gasteiger partial charge < -0.3 is 5.32 Å². The number of nitrogens with zero attached hydrogens (tertiary/aromatic N) is 1. The summed E-state index contributed by atoms with van der Waals surface area (Å²) in [6.07, 6.45) is 4.23. The van der Waals surface area contributed by atoms with Gasteiger partial charge in [-0.2, -0.15) is 0 Å². The molecule has 0 radical (unpaired) electrons. The van der Waals surface area contributed by atoms with E-state index in [1.807, 2.05) is 11.8 Å². The minimum Gasteiger partial charge on any atom is -0.362 e. The monoisotopic (exact) mass is 184 g/mol. The van der Waals surface area contributed by atoms with Crippen LogP contribution in [0.3, 0.4) is 0 Å². The molecule has 1 N–H and O–H groups in total. The molecular weight excluding hydrogens is 168 g/mol. The van der Waals surface area contributed by atoms with Gasteiger partial charge in [0, 0.05) is 11.8 Å². The quantitative estimate of drug-likeness (QED) is 0.724. The number of amidine groups is 1. The van der Waals surface area contributed by atoms with Gasteiger partial charge in [0.25, 0.3) is 0 Å². The van der Waals surface area contributed by atoms with E-state index in [1.165, 1.54) is 30.2 Å². The van der Waals surface area contributed by atoms with Crippen molar-refractivity contribution in [3.05, 3.63) is 0 Å². The predicted octanol–water partition coefficient (Wildman–Crippen LogP) is 1.87. The molecular formula is C9H16N2S. The molecule has 3 heteroatoms. The van der Waals surface area contributed by atoms with Crippen molar-refractivity contribution in [1.29, 1.82) is 0 Å². The molecule has 0 amide bonds. The maximum atomic E-state index is 4.37. The van der Waals surface area contributed by atoms with Crippen molar-refractivity contribution < 1.29 is 0 Å². The molecule has 2 aliphatic rings. The second kappa shape index (κ2) is 3.69. The molecule has 0 aromatic carbocycles. The van der Waals surface area contributed by atoms with Crippen molar-refractivity contribution in [2.24, 2.45) is 10.9 Å². The third-order valence-corrected chi connectivity index (χ3v) is 3.25. The molecule has 0 saturated heterocycles.